The summed E-state index contributed by atoms with van der Waals surface area (Å²) in [5.74, 6) is -0.725. The highest BCUT2D eigenvalue weighted by atomic mass is 35.5. The number of hydrogen-bond acceptors (Lipinski definition) is 4. The zero-order valence-electron chi connectivity index (χ0n) is 23.8. The molecule has 0 saturated heterocycles. The van der Waals surface area contributed by atoms with Gasteiger partial charge in [-0.25, -0.2) is 8.42 Å². The Morgan fingerprint density at radius 3 is 2.24 bits per heavy atom. The number of nitrogens with zero attached hydrogens (tertiary/aromatic N) is 2. The predicted octanol–water partition coefficient (Wildman–Crippen LogP) is 5.88. The molecule has 1 fully saturated rings. The number of rotatable bonds is 11. The second kappa shape index (κ2) is 13.5. The van der Waals surface area contributed by atoms with Gasteiger partial charge in [0.25, 0.3) is 10.0 Å². The SMILES string of the molecule is CCc1ccccc1N(CC(=O)N(Cc1ccc(Cl)cc1)C(C)C(=O)NC1CCCC1)S(=O)(=O)c1ccc(C)cc1. The van der Waals surface area contributed by atoms with Gasteiger partial charge in [0.15, 0.2) is 0 Å². The summed E-state index contributed by atoms with van der Waals surface area (Å²) in [4.78, 5) is 29.0. The van der Waals surface area contributed by atoms with Crippen LogP contribution in [0.15, 0.2) is 77.7 Å². The second-order valence-corrected chi connectivity index (χ2v) is 12.9. The molecule has 4 rings (SSSR count). The smallest absolute Gasteiger partial charge is 0.264 e. The molecule has 1 N–H and O–H groups in total. The molecule has 9 heteroatoms. The quantitative estimate of drug-likeness (QED) is 0.300. The molecule has 0 radical (unpaired) electrons. The number of carbonyl (C=O) groups excluding carboxylic acids is 2. The molecule has 3 aromatic carbocycles. The van der Waals surface area contributed by atoms with Crippen LogP contribution in [0.5, 0.6) is 0 Å². The Morgan fingerprint density at radius 2 is 1.61 bits per heavy atom. The van der Waals surface area contributed by atoms with Gasteiger partial charge in [-0.2, -0.15) is 0 Å². The van der Waals surface area contributed by atoms with Gasteiger partial charge in [-0.05, 0) is 74.6 Å². The van der Waals surface area contributed by atoms with Crippen LogP contribution in [-0.2, 0) is 32.6 Å². The van der Waals surface area contributed by atoms with Crippen molar-refractivity contribution in [2.45, 2.75) is 76.4 Å². The van der Waals surface area contributed by atoms with Crippen LogP contribution in [0.3, 0.4) is 0 Å². The molecule has 1 unspecified atom stereocenters. The molecule has 1 aliphatic rings. The molecule has 1 aliphatic carbocycles. The molecule has 41 heavy (non-hydrogen) atoms. The van der Waals surface area contributed by atoms with Crippen LogP contribution in [0, 0.1) is 6.92 Å². The number of carbonyl (C=O) groups is 2. The maximum Gasteiger partial charge on any atom is 0.264 e. The summed E-state index contributed by atoms with van der Waals surface area (Å²) in [7, 11) is -4.11. The van der Waals surface area contributed by atoms with Crippen molar-refractivity contribution in [3.8, 4) is 0 Å². The lowest BCUT2D eigenvalue weighted by molar-refractivity contribution is -0.139. The molecular weight excluding hydrogens is 558 g/mol. The zero-order valence-corrected chi connectivity index (χ0v) is 25.4. The van der Waals surface area contributed by atoms with E-state index in [0.29, 0.717) is 17.1 Å². The molecule has 0 aliphatic heterocycles. The van der Waals surface area contributed by atoms with Crippen molar-refractivity contribution >= 4 is 39.1 Å². The number of sulfonamides is 1. The number of aryl methyl sites for hydroxylation is 2. The van der Waals surface area contributed by atoms with E-state index in [1.165, 1.54) is 9.21 Å². The maximum atomic E-state index is 14.1. The minimum atomic E-state index is -4.11. The fourth-order valence-electron chi connectivity index (χ4n) is 5.16. The van der Waals surface area contributed by atoms with Crippen molar-refractivity contribution in [1.82, 2.24) is 10.2 Å². The molecule has 218 valence electrons. The Bertz CT molecular complexity index is 1450. The lowest BCUT2D eigenvalue weighted by atomic mass is 10.1. The van der Waals surface area contributed by atoms with Crippen LogP contribution < -0.4 is 9.62 Å². The first-order chi connectivity index (χ1) is 19.6. The first-order valence-corrected chi connectivity index (χ1v) is 15.9. The van der Waals surface area contributed by atoms with Crippen molar-refractivity contribution in [2.24, 2.45) is 0 Å². The largest absolute Gasteiger partial charge is 0.352 e. The molecule has 0 heterocycles. The van der Waals surface area contributed by atoms with E-state index in [4.69, 9.17) is 11.6 Å². The van der Waals surface area contributed by atoms with Gasteiger partial charge in [-0.3, -0.25) is 13.9 Å². The summed E-state index contributed by atoms with van der Waals surface area (Å²) in [5, 5.41) is 3.65. The van der Waals surface area contributed by atoms with Crippen molar-refractivity contribution in [1.29, 1.82) is 0 Å². The Kier molecular flexibility index (Phi) is 10.1. The molecule has 0 spiro atoms. The monoisotopic (exact) mass is 595 g/mol. The molecule has 0 bridgehead atoms. The molecule has 3 aromatic rings. The standard InChI is InChI=1S/C32H38ClN3O4S/c1-4-26-9-5-8-12-30(26)36(41(39,40)29-19-13-23(2)14-20-29)22-31(37)35(21-25-15-17-27(33)18-16-25)24(3)32(38)34-28-10-6-7-11-28/h5,8-9,12-20,24,28H,4,6-7,10-11,21-22H2,1-3H3,(H,34,38). The van der Waals surface area contributed by atoms with Crippen molar-refractivity contribution in [3.05, 3.63) is 94.5 Å². The second-order valence-electron chi connectivity index (χ2n) is 10.6. The van der Waals surface area contributed by atoms with Crippen LogP contribution in [-0.4, -0.2) is 43.8 Å². The van der Waals surface area contributed by atoms with E-state index >= 15 is 0 Å². The number of para-hydroxylation sites is 1. The van der Waals surface area contributed by atoms with E-state index in [2.05, 4.69) is 5.32 Å². The predicted molar refractivity (Wildman–Crippen MR) is 163 cm³/mol. The van der Waals surface area contributed by atoms with Crippen LogP contribution >= 0.6 is 11.6 Å². The third-order valence-corrected chi connectivity index (χ3v) is 9.69. The average molecular weight is 596 g/mol. The number of halogens is 1. The zero-order chi connectivity index (χ0) is 29.6. The van der Waals surface area contributed by atoms with Gasteiger partial charge in [-0.1, -0.05) is 79.4 Å². The van der Waals surface area contributed by atoms with Gasteiger partial charge in [0, 0.05) is 17.6 Å². The lowest BCUT2D eigenvalue weighted by Gasteiger charge is -2.33. The highest BCUT2D eigenvalue weighted by molar-refractivity contribution is 7.92. The highest BCUT2D eigenvalue weighted by Gasteiger charge is 2.34. The van der Waals surface area contributed by atoms with E-state index in [1.807, 2.05) is 26.0 Å². The van der Waals surface area contributed by atoms with E-state index in [9.17, 15) is 18.0 Å². The van der Waals surface area contributed by atoms with Crippen molar-refractivity contribution in [3.63, 3.8) is 0 Å². The van der Waals surface area contributed by atoms with Gasteiger partial charge in [0.1, 0.15) is 12.6 Å². The van der Waals surface area contributed by atoms with Crippen LogP contribution in [0.1, 0.15) is 56.2 Å². The molecule has 1 atom stereocenters. The molecule has 2 amide bonds. The normalized spacial score (nSPS) is 14.4. The highest BCUT2D eigenvalue weighted by Crippen LogP contribution is 2.28. The summed E-state index contributed by atoms with van der Waals surface area (Å²) >= 11 is 6.08. The fraction of sp³-hybridized carbons (Fsp3) is 0.375. The maximum absolute atomic E-state index is 14.1. The van der Waals surface area contributed by atoms with E-state index in [-0.39, 0.29) is 23.4 Å². The van der Waals surface area contributed by atoms with Gasteiger partial charge < -0.3 is 10.2 Å². The average Bonchev–Trinajstić information content (AvgIpc) is 3.48. The number of nitrogens with one attached hydrogen (secondary N) is 1. The molecular formula is C32H38ClN3O4S. The number of hydrogen-bond donors (Lipinski definition) is 1. The summed E-state index contributed by atoms with van der Waals surface area (Å²) < 4.78 is 29.3. The van der Waals surface area contributed by atoms with E-state index in [1.54, 1.807) is 67.6 Å². The van der Waals surface area contributed by atoms with E-state index < -0.39 is 28.5 Å². The summed E-state index contributed by atoms with van der Waals surface area (Å²) in [6, 6.07) is 20.1. The van der Waals surface area contributed by atoms with Crippen molar-refractivity contribution in [2.75, 3.05) is 10.8 Å². The third-order valence-electron chi connectivity index (χ3n) is 7.66. The summed E-state index contributed by atoms with van der Waals surface area (Å²) in [6.45, 7) is 5.19. The minimum Gasteiger partial charge on any atom is -0.352 e. The van der Waals surface area contributed by atoms with Crippen LogP contribution in [0.25, 0.3) is 0 Å². The van der Waals surface area contributed by atoms with E-state index in [0.717, 1.165) is 42.4 Å². The van der Waals surface area contributed by atoms with Crippen LogP contribution in [0.4, 0.5) is 5.69 Å². The number of anilines is 1. The molecule has 1 saturated carbocycles. The van der Waals surface area contributed by atoms with Gasteiger partial charge >= 0.3 is 0 Å². The van der Waals surface area contributed by atoms with Gasteiger partial charge in [0.05, 0.1) is 10.6 Å². The van der Waals surface area contributed by atoms with Crippen LogP contribution in [0.2, 0.25) is 5.02 Å². The Balaban J connectivity index is 1.71. The van der Waals surface area contributed by atoms with Crippen molar-refractivity contribution < 1.29 is 18.0 Å². The summed E-state index contributed by atoms with van der Waals surface area (Å²) in [6.07, 6.45) is 4.55. The topological polar surface area (TPSA) is 86.8 Å². The van der Waals surface area contributed by atoms with Gasteiger partial charge in [-0.15, -0.1) is 0 Å². The third kappa shape index (κ3) is 7.49. The van der Waals surface area contributed by atoms with Gasteiger partial charge in [0.2, 0.25) is 11.8 Å². The first-order valence-electron chi connectivity index (χ1n) is 14.1. The Labute approximate surface area is 248 Å². The molecule has 0 aromatic heterocycles. The number of benzene rings is 3. The fourth-order valence-corrected chi connectivity index (χ4v) is 6.74. The first kappa shape index (κ1) is 30.6. The Hall–Kier alpha value is -3.36. The Morgan fingerprint density at radius 1 is 0.976 bits per heavy atom. The number of amides is 2. The molecule has 7 nitrogen and oxygen atoms in total. The lowest BCUT2D eigenvalue weighted by Crippen LogP contribution is -2.52. The minimum absolute atomic E-state index is 0.0901. The summed E-state index contributed by atoms with van der Waals surface area (Å²) in [5.41, 5.74) is 2.95.